The van der Waals surface area contributed by atoms with E-state index >= 15 is 0 Å². The smallest absolute Gasteiger partial charge is 0.265 e. The number of nitriles is 1. The summed E-state index contributed by atoms with van der Waals surface area (Å²) < 4.78 is 23.9. The van der Waals surface area contributed by atoms with Crippen molar-refractivity contribution < 1.29 is 13.9 Å². The van der Waals surface area contributed by atoms with Crippen molar-refractivity contribution in [2.24, 2.45) is 0 Å². The van der Waals surface area contributed by atoms with Crippen LogP contribution in [0.3, 0.4) is 0 Å². The average Bonchev–Trinajstić information content (AvgIpc) is 2.04. The summed E-state index contributed by atoms with van der Waals surface area (Å²) in [7, 11) is 0. The third-order valence-corrected chi connectivity index (χ3v) is 1.25. The number of rotatable bonds is 1. The van der Waals surface area contributed by atoms with Gasteiger partial charge in [0.25, 0.3) is 6.43 Å². The summed E-state index contributed by atoms with van der Waals surface area (Å²) in [6.07, 6.45) is -1.82. The molecule has 0 aromatic carbocycles. The van der Waals surface area contributed by atoms with Crippen LogP contribution in [0.4, 0.5) is 8.78 Å². The molecular weight excluding hydrogens is 166 g/mol. The lowest BCUT2D eigenvalue weighted by Crippen LogP contribution is -1.89. The topological polar surface area (TPSA) is 56.9 Å². The molecule has 1 N–H and O–H groups in total. The van der Waals surface area contributed by atoms with Crippen LogP contribution in [0.15, 0.2) is 12.3 Å². The van der Waals surface area contributed by atoms with Crippen LogP contribution < -0.4 is 0 Å². The largest absolute Gasteiger partial charge is 0.505 e. The highest BCUT2D eigenvalue weighted by Crippen LogP contribution is 2.22. The van der Waals surface area contributed by atoms with Crippen LogP contribution in [-0.4, -0.2) is 10.1 Å². The summed E-state index contributed by atoms with van der Waals surface area (Å²) in [5.74, 6) is -0.518. The van der Waals surface area contributed by atoms with E-state index in [0.29, 0.717) is 0 Å². The molecule has 62 valence electrons. The second kappa shape index (κ2) is 3.13. The summed E-state index contributed by atoms with van der Waals surface area (Å²) in [6, 6.07) is 2.38. The first-order valence-electron chi connectivity index (χ1n) is 3.02. The summed E-state index contributed by atoms with van der Waals surface area (Å²) in [6.45, 7) is 0. The maximum Gasteiger partial charge on any atom is 0.265 e. The van der Waals surface area contributed by atoms with E-state index in [1.54, 1.807) is 6.07 Å². The summed E-state index contributed by atoms with van der Waals surface area (Å²) in [4.78, 5) is 3.33. The van der Waals surface area contributed by atoms with Crippen molar-refractivity contribution in [3.05, 3.63) is 23.5 Å². The van der Waals surface area contributed by atoms with Crippen LogP contribution in [0.2, 0.25) is 0 Å². The third kappa shape index (κ3) is 1.48. The van der Waals surface area contributed by atoms with Crippen molar-refractivity contribution in [3.8, 4) is 11.8 Å². The van der Waals surface area contributed by atoms with E-state index < -0.39 is 17.7 Å². The zero-order valence-corrected chi connectivity index (χ0v) is 5.83. The highest BCUT2D eigenvalue weighted by molar-refractivity contribution is 5.38. The lowest BCUT2D eigenvalue weighted by atomic mass is 10.2. The normalized spacial score (nSPS) is 9.83. The Balaban J connectivity index is 3.12. The minimum absolute atomic E-state index is 0.251. The van der Waals surface area contributed by atoms with E-state index in [1.807, 2.05) is 0 Å². The van der Waals surface area contributed by atoms with Gasteiger partial charge in [-0.25, -0.2) is 13.8 Å². The Hall–Kier alpha value is -1.70. The number of hydrogen-bond acceptors (Lipinski definition) is 3. The first kappa shape index (κ1) is 8.40. The highest BCUT2D eigenvalue weighted by atomic mass is 19.3. The standard InChI is InChI=1S/C7H4F2N2O/c8-7(9)4-1-6(12)5(2-10)11-3-4/h1,3,7,12H. The van der Waals surface area contributed by atoms with E-state index in [-0.39, 0.29) is 5.69 Å². The van der Waals surface area contributed by atoms with Gasteiger partial charge < -0.3 is 5.11 Å². The minimum atomic E-state index is -2.68. The van der Waals surface area contributed by atoms with Gasteiger partial charge in [0, 0.05) is 11.8 Å². The summed E-state index contributed by atoms with van der Waals surface area (Å²) in [5, 5.41) is 17.2. The van der Waals surface area contributed by atoms with Crippen LogP contribution in [-0.2, 0) is 0 Å². The second-order valence-electron chi connectivity index (χ2n) is 2.05. The van der Waals surface area contributed by atoms with Gasteiger partial charge in [-0.3, -0.25) is 0 Å². The molecule has 5 heteroatoms. The Bertz CT molecular complexity index is 333. The third-order valence-electron chi connectivity index (χ3n) is 1.25. The first-order chi connectivity index (χ1) is 5.65. The van der Waals surface area contributed by atoms with Gasteiger partial charge in [-0.1, -0.05) is 0 Å². The number of nitrogens with zero attached hydrogens (tertiary/aromatic N) is 2. The van der Waals surface area contributed by atoms with Gasteiger partial charge in [0.15, 0.2) is 11.4 Å². The molecule has 1 aromatic rings. The molecule has 3 nitrogen and oxygen atoms in total. The monoisotopic (exact) mass is 170 g/mol. The molecule has 0 bridgehead atoms. The van der Waals surface area contributed by atoms with Crippen molar-refractivity contribution >= 4 is 0 Å². The molecule has 0 atom stereocenters. The zero-order chi connectivity index (χ0) is 9.14. The first-order valence-corrected chi connectivity index (χ1v) is 3.02. The number of pyridine rings is 1. The molecular formula is C7H4F2N2O. The lowest BCUT2D eigenvalue weighted by Gasteiger charge is -1.99. The number of halogens is 2. The Morgan fingerprint density at radius 2 is 2.25 bits per heavy atom. The SMILES string of the molecule is N#Cc1ncc(C(F)F)cc1O. The van der Waals surface area contributed by atoms with Crippen molar-refractivity contribution in [2.45, 2.75) is 6.43 Å². The Labute approximate surface area is 66.9 Å². The molecule has 0 spiro atoms. The second-order valence-corrected chi connectivity index (χ2v) is 2.05. The van der Waals surface area contributed by atoms with Crippen molar-refractivity contribution in [1.82, 2.24) is 4.98 Å². The maximum absolute atomic E-state index is 11.9. The van der Waals surface area contributed by atoms with Crippen molar-refractivity contribution in [3.63, 3.8) is 0 Å². The van der Waals surface area contributed by atoms with Gasteiger partial charge in [0.05, 0.1) is 0 Å². The highest BCUT2D eigenvalue weighted by Gasteiger charge is 2.10. The van der Waals surface area contributed by atoms with E-state index in [1.165, 1.54) is 0 Å². The fourth-order valence-corrected chi connectivity index (χ4v) is 0.674. The van der Waals surface area contributed by atoms with Crippen LogP contribution in [0, 0.1) is 11.3 Å². The van der Waals surface area contributed by atoms with E-state index in [2.05, 4.69) is 4.98 Å². The Morgan fingerprint density at radius 1 is 1.58 bits per heavy atom. The number of alkyl halides is 2. The van der Waals surface area contributed by atoms with Crippen LogP contribution in [0.25, 0.3) is 0 Å². The van der Waals surface area contributed by atoms with E-state index in [9.17, 15) is 8.78 Å². The Kier molecular flexibility index (Phi) is 2.19. The van der Waals surface area contributed by atoms with Gasteiger partial charge in [0.2, 0.25) is 0 Å². The molecule has 0 aliphatic rings. The molecule has 0 radical (unpaired) electrons. The predicted octanol–water partition coefficient (Wildman–Crippen LogP) is 1.60. The molecule has 0 amide bonds. The molecule has 1 heterocycles. The van der Waals surface area contributed by atoms with E-state index in [4.69, 9.17) is 10.4 Å². The Morgan fingerprint density at radius 3 is 2.67 bits per heavy atom. The van der Waals surface area contributed by atoms with E-state index in [0.717, 1.165) is 12.3 Å². The fraction of sp³-hybridized carbons (Fsp3) is 0.143. The number of aromatic nitrogens is 1. The van der Waals surface area contributed by atoms with Crippen molar-refractivity contribution in [1.29, 1.82) is 5.26 Å². The van der Waals surface area contributed by atoms with Crippen molar-refractivity contribution in [2.75, 3.05) is 0 Å². The van der Waals surface area contributed by atoms with Crippen LogP contribution in [0.1, 0.15) is 17.7 Å². The summed E-state index contributed by atoms with van der Waals surface area (Å²) in [5.41, 5.74) is -0.647. The lowest BCUT2D eigenvalue weighted by molar-refractivity contribution is 0.150. The quantitative estimate of drug-likeness (QED) is 0.696. The molecule has 0 aliphatic carbocycles. The van der Waals surface area contributed by atoms with Gasteiger partial charge in [-0.05, 0) is 6.07 Å². The van der Waals surface area contributed by atoms with Gasteiger partial charge >= 0.3 is 0 Å². The molecule has 0 unspecified atom stereocenters. The van der Waals surface area contributed by atoms with Crippen LogP contribution >= 0.6 is 0 Å². The molecule has 0 saturated carbocycles. The number of hydrogen-bond donors (Lipinski definition) is 1. The average molecular weight is 170 g/mol. The summed E-state index contributed by atoms with van der Waals surface area (Å²) >= 11 is 0. The van der Waals surface area contributed by atoms with Gasteiger partial charge in [-0.2, -0.15) is 5.26 Å². The molecule has 0 fully saturated rings. The molecule has 12 heavy (non-hydrogen) atoms. The number of aromatic hydroxyl groups is 1. The van der Waals surface area contributed by atoms with Crippen LogP contribution in [0.5, 0.6) is 5.75 Å². The molecule has 1 rings (SSSR count). The minimum Gasteiger partial charge on any atom is -0.505 e. The fourth-order valence-electron chi connectivity index (χ4n) is 0.674. The molecule has 0 saturated heterocycles. The zero-order valence-electron chi connectivity index (χ0n) is 5.83. The molecule has 1 aromatic heterocycles. The molecule has 0 aliphatic heterocycles. The predicted molar refractivity (Wildman–Crippen MR) is 35.6 cm³/mol. The maximum atomic E-state index is 11.9. The van der Waals surface area contributed by atoms with Gasteiger partial charge in [-0.15, -0.1) is 0 Å². The van der Waals surface area contributed by atoms with Gasteiger partial charge in [0.1, 0.15) is 6.07 Å².